The fraction of sp³-hybridized carbons (Fsp3) is 0.318. The number of hydrogen-bond acceptors (Lipinski definition) is 7. The summed E-state index contributed by atoms with van der Waals surface area (Å²) >= 11 is 0. The Morgan fingerprint density at radius 3 is 2.50 bits per heavy atom. The number of nitrogens with zero attached hydrogens (tertiary/aromatic N) is 2. The summed E-state index contributed by atoms with van der Waals surface area (Å²) in [5.41, 5.74) is 2.20. The first-order valence-corrected chi connectivity index (χ1v) is 9.58. The molecule has 1 aliphatic heterocycles. The van der Waals surface area contributed by atoms with Gasteiger partial charge in [-0.05, 0) is 30.3 Å². The number of methoxy groups -OCH3 is 3. The SMILES string of the molecule is COc1cc(-c2cc3ncccc3c(OC[C@H]3CNC(=O)C3)n2)cc(OC)c1OC. The highest BCUT2D eigenvalue weighted by atomic mass is 16.5. The number of benzene rings is 1. The van der Waals surface area contributed by atoms with Crippen LogP contribution in [0.5, 0.6) is 23.1 Å². The molecule has 4 rings (SSSR count). The topological polar surface area (TPSA) is 91.8 Å². The van der Waals surface area contributed by atoms with Crippen molar-refractivity contribution in [2.75, 3.05) is 34.5 Å². The molecule has 0 radical (unpaired) electrons. The van der Waals surface area contributed by atoms with Crippen molar-refractivity contribution in [2.24, 2.45) is 5.92 Å². The fourth-order valence-corrected chi connectivity index (χ4v) is 3.51. The van der Waals surface area contributed by atoms with E-state index in [1.165, 1.54) is 0 Å². The lowest BCUT2D eigenvalue weighted by Crippen LogP contribution is -2.17. The molecule has 1 atom stereocenters. The smallest absolute Gasteiger partial charge is 0.223 e. The number of aromatic nitrogens is 2. The van der Waals surface area contributed by atoms with Crippen LogP contribution in [0.4, 0.5) is 0 Å². The molecule has 3 heterocycles. The molecule has 0 aliphatic carbocycles. The van der Waals surface area contributed by atoms with Gasteiger partial charge in [-0.15, -0.1) is 0 Å². The summed E-state index contributed by atoms with van der Waals surface area (Å²) < 4.78 is 22.4. The molecular formula is C22H23N3O5. The molecule has 3 aromatic rings. The predicted molar refractivity (Wildman–Crippen MR) is 111 cm³/mol. The quantitative estimate of drug-likeness (QED) is 0.641. The molecule has 1 aromatic carbocycles. The molecule has 1 N–H and O–H groups in total. The van der Waals surface area contributed by atoms with E-state index in [9.17, 15) is 4.79 Å². The van der Waals surface area contributed by atoms with Crippen molar-refractivity contribution in [3.05, 3.63) is 36.5 Å². The number of hydrogen-bond donors (Lipinski definition) is 1. The molecule has 0 spiro atoms. The summed E-state index contributed by atoms with van der Waals surface area (Å²) in [4.78, 5) is 20.7. The van der Waals surface area contributed by atoms with Crippen molar-refractivity contribution in [3.63, 3.8) is 0 Å². The summed E-state index contributed by atoms with van der Waals surface area (Å²) in [5, 5.41) is 3.64. The van der Waals surface area contributed by atoms with Gasteiger partial charge in [0.2, 0.25) is 17.5 Å². The van der Waals surface area contributed by atoms with Crippen LogP contribution in [0, 0.1) is 5.92 Å². The maximum Gasteiger partial charge on any atom is 0.223 e. The van der Waals surface area contributed by atoms with Gasteiger partial charge in [-0.2, -0.15) is 0 Å². The van der Waals surface area contributed by atoms with E-state index in [0.717, 1.165) is 16.5 Å². The van der Waals surface area contributed by atoms with Crippen molar-refractivity contribution in [2.45, 2.75) is 6.42 Å². The van der Waals surface area contributed by atoms with Crippen molar-refractivity contribution < 1.29 is 23.7 Å². The number of amides is 1. The van der Waals surface area contributed by atoms with E-state index < -0.39 is 0 Å². The van der Waals surface area contributed by atoms with Crippen LogP contribution in [0.1, 0.15) is 6.42 Å². The molecule has 1 amide bonds. The molecule has 8 nitrogen and oxygen atoms in total. The summed E-state index contributed by atoms with van der Waals surface area (Å²) in [6, 6.07) is 9.32. The Morgan fingerprint density at radius 1 is 1.10 bits per heavy atom. The Balaban J connectivity index is 1.75. The van der Waals surface area contributed by atoms with Crippen molar-refractivity contribution in [1.29, 1.82) is 0 Å². The summed E-state index contributed by atoms with van der Waals surface area (Å²) in [6.45, 7) is 1.01. The minimum atomic E-state index is 0.0502. The van der Waals surface area contributed by atoms with Gasteiger partial charge in [0, 0.05) is 30.6 Å². The predicted octanol–water partition coefficient (Wildman–Crippen LogP) is 2.84. The van der Waals surface area contributed by atoms with Crippen LogP contribution in [-0.4, -0.2) is 50.4 Å². The summed E-state index contributed by atoms with van der Waals surface area (Å²) in [7, 11) is 4.71. The van der Waals surface area contributed by atoms with Crippen molar-refractivity contribution >= 4 is 16.8 Å². The highest BCUT2D eigenvalue weighted by Crippen LogP contribution is 2.41. The fourth-order valence-electron chi connectivity index (χ4n) is 3.51. The second-order valence-corrected chi connectivity index (χ2v) is 6.98. The zero-order valence-corrected chi connectivity index (χ0v) is 17.1. The van der Waals surface area contributed by atoms with Crippen LogP contribution in [0.25, 0.3) is 22.2 Å². The molecule has 1 aliphatic rings. The van der Waals surface area contributed by atoms with E-state index in [4.69, 9.17) is 23.9 Å². The van der Waals surface area contributed by atoms with Gasteiger partial charge in [-0.25, -0.2) is 4.98 Å². The lowest BCUT2D eigenvalue weighted by molar-refractivity contribution is -0.119. The highest BCUT2D eigenvalue weighted by Gasteiger charge is 2.23. The van der Waals surface area contributed by atoms with E-state index >= 15 is 0 Å². The van der Waals surface area contributed by atoms with Crippen LogP contribution < -0.4 is 24.3 Å². The van der Waals surface area contributed by atoms with Gasteiger partial charge in [0.15, 0.2) is 11.5 Å². The van der Waals surface area contributed by atoms with Gasteiger partial charge in [0.25, 0.3) is 0 Å². The van der Waals surface area contributed by atoms with Crippen LogP contribution in [0.3, 0.4) is 0 Å². The zero-order chi connectivity index (χ0) is 21.1. The molecule has 1 saturated heterocycles. The van der Waals surface area contributed by atoms with E-state index in [-0.39, 0.29) is 11.8 Å². The number of carbonyl (C=O) groups excluding carboxylic acids is 1. The lowest BCUT2D eigenvalue weighted by Gasteiger charge is -2.16. The van der Waals surface area contributed by atoms with Gasteiger partial charge in [0.1, 0.15) is 0 Å². The average Bonchev–Trinajstić information content (AvgIpc) is 3.21. The molecule has 30 heavy (non-hydrogen) atoms. The molecule has 2 aromatic heterocycles. The largest absolute Gasteiger partial charge is 0.493 e. The minimum Gasteiger partial charge on any atom is -0.493 e. The van der Waals surface area contributed by atoms with E-state index in [0.29, 0.717) is 48.4 Å². The molecule has 0 bridgehead atoms. The minimum absolute atomic E-state index is 0.0502. The second-order valence-electron chi connectivity index (χ2n) is 6.98. The standard InChI is InChI=1S/C22H23N3O5/c1-27-18-8-14(9-19(28-2)21(18)29-3)16-10-17-15(5-4-6-23-17)22(25-16)30-12-13-7-20(26)24-11-13/h4-6,8-10,13H,7,11-12H2,1-3H3,(H,24,26)/t13-/m1/s1. The number of nitrogens with one attached hydrogen (secondary N) is 1. The summed E-state index contributed by atoms with van der Waals surface area (Å²) in [6.07, 6.45) is 2.19. The van der Waals surface area contributed by atoms with E-state index in [2.05, 4.69) is 10.3 Å². The van der Waals surface area contributed by atoms with Gasteiger partial charge >= 0.3 is 0 Å². The third kappa shape index (κ3) is 3.80. The number of fused-ring (bicyclic) bond motifs is 1. The second kappa shape index (κ2) is 8.44. The van der Waals surface area contributed by atoms with Gasteiger partial charge in [0.05, 0.1) is 44.5 Å². The molecule has 1 fully saturated rings. The Morgan fingerprint density at radius 2 is 1.87 bits per heavy atom. The van der Waals surface area contributed by atoms with Gasteiger partial charge in [-0.3, -0.25) is 9.78 Å². The summed E-state index contributed by atoms with van der Waals surface area (Å²) in [5.74, 6) is 2.23. The third-order valence-electron chi connectivity index (χ3n) is 5.04. The van der Waals surface area contributed by atoms with Crippen molar-refractivity contribution in [1.82, 2.24) is 15.3 Å². The maximum absolute atomic E-state index is 11.5. The molecule has 156 valence electrons. The molecular weight excluding hydrogens is 386 g/mol. The molecule has 0 unspecified atom stereocenters. The third-order valence-corrected chi connectivity index (χ3v) is 5.04. The van der Waals surface area contributed by atoms with E-state index in [1.54, 1.807) is 27.5 Å². The Labute approximate surface area is 174 Å². The zero-order valence-electron chi connectivity index (χ0n) is 17.1. The normalized spacial score (nSPS) is 15.7. The first kappa shape index (κ1) is 19.8. The monoisotopic (exact) mass is 409 g/mol. The van der Waals surface area contributed by atoms with Crippen LogP contribution >= 0.6 is 0 Å². The number of ether oxygens (including phenoxy) is 4. The first-order valence-electron chi connectivity index (χ1n) is 9.58. The van der Waals surface area contributed by atoms with Gasteiger partial charge < -0.3 is 24.3 Å². The molecule has 8 heteroatoms. The Hall–Kier alpha value is -3.55. The van der Waals surface area contributed by atoms with Crippen LogP contribution in [0.2, 0.25) is 0 Å². The average molecular weight is 409 g/mol. The van der Waals surface area contributed by atoms with E-state index in [1.807, 2.05) is 30.3 Å². The Kier molecular flexibility index (Phi) is 5.56. The molecule has 0 saturated carbocycles. The van der Waals surface area contributed by atoms with Crippen molar-refractivity contribution in [3.8, 4) is 34.4 Å². The van der Waals surface area contributed by atoms with Crippen LogP contribution in [0.15, 0.2) is 36.5 Å². The Bertz CT molecular complexity index is 1060. The highest BCUT2D eigenvalue weighted by molar-refractivity contribution is 5.87. The van der Waals surface area contributed by atoms with Gasteiger partial charge in [-0.1, -0.05) is 0 Å². The van der Waals surface area contributed by atoms with Crippen LogP contribution in [-0.2, 0) is 4.79 Å². The first-order chi connectivity index (χ1) is 14.6. The lowest BCUT2D eigenvalue weighted by atomic mass is 10.1. The number of rotatable bonds is 7. The number of carbonyl (C=O) groups is 1. The number of pyridine rings is 2. The maximum atomic E-state index is 11.5.